The van der Waals surface area contributed by atoms with Gasteiger partial charge in [-0.05, 0) is 43.2 Å². The first kappa shape index (κ1) is 14.9. The van der Waals surface area contributed by atoms with E-state index < -0.39 is 0 Å². The number of aryl methyl sites for hydroxylation is 2. The summed E-state index contributed by atoms with van der Waals surface area (Å²) in [6.07, 6.45) is 0. The van der Waals surface area contributed by atoms with Crippen LogP contribution in [-0.4, -0.2) is 7.11 Å². The highest BCUT2D eigenvalue weighted by atomic mass is 79.9. The van der Waals surface area contributed by atoms with E-state index in [0.717, 1.165) is 21.3 Å². The van der Waals surface area contributed by atoms with E-state index in [2.05, 4.69) is 15.9 Å². The summed E-state index contributed by atoms with van der Waals surface area (Å²) in [4.78, 5) is 0. The molecule has 0 N–H and O–H groups in total. The van der Waals surface area contributed by atoms with Crippen molar-refractivity contribution < 1.29 is 13.9 Å². The van der Waals surface area contributed by atoms with Gasteiger partial charge in [0.25, 0.3) is 0 Å². The van der Waals surface area contributed by atoms with E-state index in [9.17, 15) is 4.39 Å². The molecule has 0 spiro atoms. The smallest absolute Gasteiger partial charge is 0.171 e. The van der Waals surface area contributed by atoms with E-state index in [-0.39, 0.29) is 18.2 Å². The zero-order valence-electron chi connectivity index (χ0n) is 11.7. The molecule has 0 aliphatic carbocycles. The molecule has 0 fully saturated rings. The third kappa shape index (κ3) is 3.12. The quantitative estimate of drug-likeness (QED) is 0.797. The summed E-state index contributed by atoms with van der Waals surface area (Å²) in [5.74, 6) is 0.584. The summed E-state index contributed by atoms with van der Waals surface area (Å²) in [5.41, 5.74) is 2.65. The predicted molar refractivity (Wildman–Crippen MR) is 80.9 cm³/mol. The van der Waals surface area contributed by atoms with Crippen LogP contribution in [0.25, 0.3) is 0 Å². The second-order valence-corrected chi connectivity index (χ2v) is 5.39. The second kappa shape index (κ2) is 6.27. The first-order chi connectivity index (χ1) is 9.52. The molecular weight excluding hydrogens is 323 g/mol. The Morgan fingerprint density at radius 2 is 1.80 bits per heavy atom. The number of hydrogen-bond acceptors (Lipinski definition) is 2. The van der Waals surface area contributed by atoms with Gasteiger partial charge in [-0.15, -0.1) is 0 Å². The van der Waals surface area contributed by atoms with Crippen molar-refractivity contribution in [2.24, 2.45) is 0 Å². The summed E-state index contributed by atoms with van der Waals surface area (Å²) in [7, 11) is 1.45. The Morgan fingerprint density at radius 3 is 2.40 bits per heavy atom. The lowest BCUT2D eigenvalue weighted by atomic mass is 10.1. The zero-order valence-corrected chi connectivity index (χ0v) is 13.3. The van der Waals surface area contributed by atoms with Gasteiger partial charge in [-0.2, -0.15) is 0 Å². The van der Waals surface area contributed by atoms with Crippen LogP contribution in [0.1, 0.15) is 16.7 Å². The predicted octanol–water partition coefficient (Wildman–Crippen LogP) is 4.79. The highest BCUT2D eigenvalue weighted by molar-refractivity contribution is 9.10. The van der Waals surface area contributed by atoms with Crippen LogP contribution in [0.4, 0.5) is 4.39 Å². The maximum atomic E-state index is 14.0. The molecule has 0 aromatic heterocycles. The molecule has 0 heterocycles. The molecule has 0 atom stereocenters. The Kier molecular flexibility index (Phi) is 4.65. The zero-order chi connectivity index (χ0) is 14.7. The van der Waals surface area contributed by atoms with Crippen molar-refractivity contribution in [1.29, 1.82) is 0 Å². The molecule has 0 saturated carbocycles. The lowest BCUT2D eigenvalue weighted by molar-refractivity contribution is 0.295. The van der Waals surface area contributed by atoms with E-state index >= 15 is 0 Å². The molecule has 0 saturated heterocycles. The number of hydrogen-bond donors (Lipinski definition) is 0. The summed E-state index contributed by atoms with van der Waals surface area (Å²) in [6, 6.07) is 8.88. The van der Waals surface area contributed by atoms with Gasteiger partial charge in [0.15, 0.2) is 11.6 Å². The fourth-order valence-electron chi connectivity index (χ4n) is 1.98. The van der Waals surface area contributed by atoms with Gasteiger partial charge in [0.1, 0.15) is 12.4 Å². The molecule has 0 radical (unpaired) electrons. The minimum atomic E-state index is -0.374. The highest BCUT2D eigenvalue weighted by Crippen LogP contribution is 2.27. The van der Waals surface area contributed by atoms with Gasteiger partial charge < -0.3 is 9.47 Å². The second-order valence-electron chi connectivity index (χ2n) is 4.59. The van der Waals surface area contributed by atoms with E-state index in [4.69, 9.17) is 9.47 Å². The number of rotatable bonds is 4. The lowest BCUT2D eigenvalue weighted by Crippen LogP contribution is -2.01. The third-order valence-corrected chi connectivity index (χ3v) is 4.32. The average Bonchev–Trinajstić information content (AvgIpc) is 2.43. The average molecular weight is 339 g/mol. The molecule has 0 unspecified atom stereocenters. The van der Waals surface area contributed by atoms with Crippen LogP contribution >= 0.6 is 15.9 Å². The molecule has 2 aromatic carbocycles. The van der Waals surface area contributed by atoms with Crippen molar-refractivity contribution >= 4 is 15.9 Å². The first-order valence-electron chi connectivity index (χ1n) is 6.24. The molecule has 4 heteroatoms. The summed E-state index contributed by atoms with van der Waals surface area (Å²) in [6.45, 7) is 4.16. The maximum Gasteiger partial charge on any atom is 0.171 e. The Bertz CT molecular complexity index is 603. The SMILES string of the molecule is COc1cccc(COc2cc(C)c(Br)c(C)c2)c1F. The van der Waals surface area contributed by atoms with Crippen LogP contribution in [0.5, 0.6) is 11.5 Å². The molecular formula is C16H16BrFO2. The van der Waals surface area contributed by atoms with Crippen molar-refractivity contribution in [3.05, 3.63) is 57.3 Å². The largest absolute Gasteiger partial charge is 0.494 e. The van der Waals surface area contributed by atoms with E-state index in [1.165, 1.54) is 7.11 Å². The van der Waals surface area contributed by atoms with Gasteiger partial charge in [0.2, 0.25) is 0 Å². The topological polar surface area (TPSA) is 18.5 Å². The molecule has 0 bridgehead atoms. The van der Waals surface area contributed by atoms with Gasteiger partial charge in [-0.3, -0.25) is 0 Å². The molecule has 20 heavy (non-hydrogen) atoms. The third-order valence-electron chi connectivity index (χ3n) is 3.07. The van der Waals surface area contributed by atoms with Gasteiger partial charge in [-0.25, -0.2) is 4.39 Å². The summed E-state index contributed by atoms with van der Waals surface area (Å²) < 4.78 is 25.7. The normalized spacial score (nSPS) is 10.4. The van der Waals surface area contributed by atoms with Crippen LogP contribution in [-0.2, 0) is 6.61 Å². The highest BCUT2D eigenvalue weighted by Gasteiger charge is 2.09. The Hall–Kier alpha value is -1.55. The molecule has 106 valence electrons. The van der Waals surface area contributed by atoms with Crippen molar-refractivity contribution in [2.45, 2.75) is 20.5 Å². The van der Waals surface area contributed by atoms with Crippen molar-refractivity contribution in [1.82, 2.24) is 0 Å². The van der Waals surface area contributed by atoms with Gasteiger partial charge in [0, 0.05) is 10.0 Å². The molecule has 2 rings (SSSR count). The molecule has 0 amide bonds. The minimum absolute atomic E-state index is 0.170. The molecule has 2 nitrogen and oxygen atoms in total. The number of methoxy groups -OCH3 is 1. The Balaban J connectivity index is 2.17. The van der Waals surface area contributed by atoms with Gasteiger partial charge >= 0.3 is 0 Å². The van der Waals surface area contributed by atoms with Crippen LogP contribution in [0.2, 0.25) is 0 Å². The monoisotopic (exact) mass is 338 g/mol. The number of halogens is 2. The molecule has 0 aliphatic rings. The number of benzene rings is 2. The first-order valence-corrected chi connectivity index (χ1v) is 7.03. The van der Waals surface area contributed by atoms with Crippen molar-refractivity contribution in [3.63, 3.8) is 0 Å². The van der Waals surface area contributed by atoms with Crippen LogP contribution in [0.15, 0.2) is 34.8 Å². The van der Waals surface area contributed by atoms with Crippen molar-refractivity contribution in [3.8, 4) is 11.5 Å². The standard InChI is InChI=1S/C16H16BrFO2/c1-10-7-13(8-11(2)15(10)17)20-9-12-5-4-6-14(19-3)16(12)18/h4-8H,9H2,1-3H3. The summed E-state index contributed by atoms with van der Waals surface area (Å²) >= 11 is 3.51. The fourth-order valence-corrected chi connectivity index (χ4v) is 2.20. The van der Waals surface area contributed by atoms with Crippen LogP contribution in [0, 0.1) is 19.7 Å². The summed E-state index contributed by atoms with van der Waals surface area (Å²) in [5, 5.41) is 0. The number of ether oxygens (including phenoxy) is 2. The maximum absolute atomic E-state index is 14.0. The van der Waals surface area contributed by atoms with E-state index in [0.29, 0.717) is 5.56 Å². The fraction of sp³-hybridized carbons (Fsp3) is 0.250. The van der Waals surface area contributed by atoms with Crippen LogP contribution < -0.4 is 9.47 Å². The van der Waals surface area contributed by atoms with E-state index in [1.54, 1.807) is 18.2 Å². The Morgan fingerprint density at radius 1 is 1.15 bits per heavy atom. The van der Waals surface area contributed by atoms with Crippen LogP contribution in [0.3, 0.4) is 0 Å². The Labute approximate surface area is 126 Å². The van der Waals surface area contributed by atoms with Gasteiger partial charge in [-0.1, -0.05) is 28.1 Å². The van der Waals surface area contributed by atoms with E-state index in [1.807, 2.05) is 26.0 Å². The van der Waals surface area contributed by atoms with Gasteiger partial charge in [0.05, 0.1) is 7.11 Å². The molecule has 2 aromatic rings. The minimum Gasteiger partial charge on any atom is -0.494 e. The molecule has 0 aliphatic heterocycles. The van der Waals surface area contributed by atoms with Crippen molar-refractivity contribution in [2.75, 3.05) is 7.11 Å². The lowest BCUT2D eigenvalue weighted by Gasteiger charge is -2.11.